The van der Waals surface area contributed by atoms with Crippen LogP contribution in [0.3, 0.4) is 0 Å². The molecule has 2 saturated heterocycles. The average Bonchev–Trinajstić information content (AvgIpc) is 2.59. The molecule has 1 aromatic rings. The van der Waals surface area contributed by atoms with Crippen LogP contribution in [-0.2, 0) is 9.53 Å². The molecule has 0 aromatic heterocycles. The van der Waals surface area contributed by atoms with Gasteiger partial charge in [0.15, 0.2) is 0 Å². The van der Waals surface area contributed by atoms with Gasteiger partial charge in [-0.15, -0.1) is 0 Å². The zero-order chi connectivity index (χ0) is 16.9. The Bertz CT molecular complexity index is 535. The number of carbonyl (C=O) groups excluding carboxylic acids is 1. The summed E-state index contributed by atoms with van der Waals surface area (Å²) in [6.45, 7) is 5.45. The van der Waals surface area contributed by atoms with Gasteiger partial charge in [-0.3, -0.25) is 4.79 Å². The molecule has 5 heteroatoms. The molecule has 0 aliphatic carbocycles. The smallest absolute Gasteiger partial charge is 0.224 e. The molecule has 4 nitrogen and oxygen atoms in total. The predicted molar refractivity (Wildman–Crippen MR) is 92.6 cm³/mol. The van der Waals surface area contributed by atoms with E-state index < -0.39 is 0 Å². The van der Waals surface area contributed by atoms with Gasteiger partial charge >= 0.3 is 0 Å². The zero-order valence-electron chi connectivity index (χ0n) is 14.4. The standard InChI is InChI=1S/C19H27FN2O2/c1-15(23)22(17-7-5-16(20)6-8-17)18-9-11-21(12-10-18)14-19-4-2-3-13-24-19/h5-8,18-19H,2-4,9-14H2,1H3. The summed E-state index contributed by atoms with van der Waals surface area (Å²) in [5.74, 6) is -0.250. The molecule has 0 spiro atoms. The lowest BCUT2D eigenvalue weighted by Gasteiger charge is -2.39. The third-order valence-electron chi connectivity index (χ3n) is 5.10. The van der Waals surface area contributed by atoms with Crippen LogP contribution < -0.4 is 4.90 Å². The summed E-state index contributed by atoms with van der Waals surface area (Å²) in [7, 11) is 0. The first kappa shape index (κ1) is 17.4. The molecule has 132 valence electrons. The number of ether oxygens (including phenoxy) is 1. The van der Waals surface area contributed by atoms with Crippen molar-refractivity contribution in [3.8, 4) is 0 Å². The van der Waals surface area contributed by atoms with Crippen molar-refractivity contribution in [1.82, 2.24) is 4.90 Å². The van der Waals surface area contributed by atoms with Crippen molar-refractivity contribution in [1.29, 1.82) is 0 Å². The molecule has 2 aliphatic rings. The lowest BCUT2D eigenvalue weighted by Crippen LogP contribution is -2.48. The van der Waals surface area contributed by atoms with Gasteiger partial charge in [0.05, 0.1) is 6.10 Å². The average molecular weight is 334 g/mol. The van der Waals surface area contributed by atoms with Gasteiger partial charge in [-0.1, -0.05) is 0 Å². The highest BCUT2D eigenvalue weighted by Gasteiger charge is 2.28. The van der Waals surface area contributed by atoms with Gasteiger partial charge in [-0.2, -0.15) is 0 Å². The van der Waals surface area contributed by atoms with Crippen LogP contribution in [0.15, 0.2) is 24.3 Å². The Morgan fingerprint density at radius 2 is 1.92 bits per heavy atom. The second-order valence-electron chi connectivity index (χ2n) is 6.89. The Morgan fingerprint density at radius 1 is 1.21 bits per heavy atom. The van der Waals surface area contributed by atoms with E-state index in [4.69, 9.17) is 4.74 Å². The molecule has 1 atom stereocenters. The summed E-state index contributed by atoms with van der Waals surface area (Å²) in [4.78, 5) is 16.4. The van der Waals surface area contributed by atoms with Gasteiger partial charge in [0, 0.05) is 44.9 Å². The Kier molecular flexibility index (Phi) is 5.85. The fraction of sp³-hybridized carbons (Fsp3) is 0.632. The summed E-state index contributed by atoms with van der Waals surface area (Å²) in [5.41, 5.74) is 0.790. The number of rotatable bonds is 4. The lowest BCUT2D eigenvalue weighted by molar-refractivity contribution is -0.117. The second kappa shape index (κ2) is 8.08. The van der Waals surface area contributed by atoms with Crippen LogP contribution >= 0.6 is 0 Å². The highest BCUT2D eigenvalue weighted by Crippen LogP contribution is 2.25. The van der Waals surface area contributed by atoms with Gasteiger partial charge in [-0.25, -0.2) is 4.39 Å². The number of hydrogen-bond donors (Lipinski definition) is 0. The lowest BCUT2D eigenvalue weighted by atomic mass is 10.0. The van der Waals surface area contributed by atoms with Gasteiger partial charge in [-0.05, 0) is 56.4 Å². The first-order valence-electron chi connectivity index (χ1n) is 9.03. The third kappa shape index (κ3) is 4.33. The van der Waals surface area contributed by atoms with Crippen LogP contribution in [0.4, 0.5) is 10.1 Å². The number of benzene rings is 1. The summed E-state index contributed by atoms with van der Waals surface area (Å²) >= 11 is 0. The number of nitrogens with zero attached hydrogens (tertiary/aromatic N) is 2. The van der Waals surface area contributed by atoms with Crippen LogP contribution in [0, 0.1) is 5.82 Å². The largest absolute Gasteiger partial charge is 0.377 e. The first-order valence-corrected chi connectivity index (χ1v) is 9.03. The Labute approximate surface area is 143 Å². The molecule has 0 bridgehead atoms. The van der Waals surface area contributed by atoms with Gasteiger partial charge in [0.2, 0.25) is 5.91 Å². The molecule has 0 saturated carbocycles. The van der Waals surface area contributed by atoms with Crippen molar-refractivity contribution in [3.05, 3.63) is 30.1 Å². The van der Waals surface area contributed by atoms with Crippen molar-refractivity contribution in [2.24, 2.45) is 0 Å². The Balaban J connectivity index is 1.57. The van der Waals surface area contributed by atoms with E-state index in [0.717, 1.165) is 51.2 Å². The Morgan fingerprint density at radius 3 is 2.50 bits per heavy atom. The van der Waals surface area contributed by atoms with E-state index in [0.29, 0.717) is 6.10 Å². The van der Waals surface area contributed by atoms with Crippen LogP contribution in [0.2, 0.25) is 0 Å². The highest BCUT2D eigenvalue weighted by atomic mass is 19.1. The molecular formula is C19H27FN2O2. The maximum Gasteiger partial charge on any atom is 0.224 e. The van der Waals surface area contributed by atoms with E-state index in [1.165, 1.54) is 25.0 Å². The monoisotopic (exact) mass is 334 g/mol. The molecule has 24 heavy (non-hydrogen) atoms. The summed E-state index contributed by atoms with van der Waals surface area (Å²) < 4.78 is 19.0. The zero-order valence-corrected chi connectivity index (χ0v) is 14.4. The molecule has 1 aromatic carbocycles. The SMILES string of the molecule is CC(=O)N(c1ccc(F)cc1)C1CCN(CC2CCCCO2)CC1. The molecule has 2 fully saturated rings. The molecule has 3 rings (SSSR count). The van der Waals surface area contributed by atoms with E-state index in [2.05, 4.69) is 4.90 Å². The van der Waals surface area contributed by atoms with Gasteiger partial charge in [0.25, 0.3) is 0 Å². The van der Waals surface area contributed by atoms with Crippen LogP contribution in [-0.4, -0.2) is 49.2 Å². The topological polar surface area (TPSA) is 32.8 Å². The van der Waals surface area contributed by atoms with Crippen molar-refractivity contribution >= 4 is 11.6 Å². The van der Waals surface area contributed by atoms with E-state index in [-0.39, 0.29) is 17.8 Å². The number of halogens is 1. The molecule has 1 amide bonds. The fourth-order valence-electron chi connectivity index (χ4n) is 3.85. The first-order chi connectivity index (χ1) is 11.6. The van der Waals surface area contributed by atoms with E-state index in [1.807, 2.05) is 4.90 Å². The van der Waals surface area contributed by atoms with Crippen molar-refractivity contribution < 1.29 is 13.9 Å². The van der Waals surface area contributed by atoms with Crippen LogP contribution in [0.5, 0.6) is 0 Å². The van der Waals surface area contributed by atoms with Crippen LogP contribution in [0.1, 0.15) is 39.0 Å². The molecular weight excluding hydrogens is 307 g/mol. The summed E-state index contributed by atoms with van der Waals surface area (Å²) in [5, 5.41) is 0. The van der Waals surface area contributed by atoms with E-state index >= 15 is 0 Å². The molecule has 0 radical (unpaired) electrons. The number of likely N-dealkylation sites (tertiary alicyclic amines) is 1. The van der Waals surface area contributed by atoms with Gasteiger partial charge < -0.3 is 14.5 Å². The predicted octanol–water partition coefficient (Wildman–Crippen LogP) is 3.21. The second-order valence-corrected chi connectivity index (χ2v) is 6.89. The molecule has 1 unspecified atom stereocenters. The quantitative estimate of drug-likeness (QED) is 0.848. The maximum absolute atomic E-state index is 13.1. The third-order valence-corrected chi connectivity index (χ3v) is 5.10. The number of amides is 1. The highest BCUT2D eigenvalue weighted by molar-refractivity contribution is 5.92. The summed E-state index contributed by atoms with van der Waals surface area (Å²) in [6.07, 6.45) is 5.88. The van der Waals surface area contributed by atoms with Crippen molar-refractivity contribution in [3.63, 3.8) is 0 Å². The van der Waals surface area contributed by atoms with Gasteiger partial charge in [0.1, 0.15) is 5.82 Å². The van der Waals surface area contributed by atoms with E-state index in [9.17, 15) is 9.18 Å². The summed E-state index contributed by atoms with van der Waals surface area (Å²) in [6, 6.07) is 6.41. The number of carbonyl (C=O) groups is 1. The van der Waals surface area contributed by atoms with Crippen molar-refractivity contribution in [2.75, 3.05) is 31.1 Å². The van der Waals surface area contributed by atoms with Crippen molar-refractivity contribution in [2.45, 2.75) is 51.2 Å². The molecule has 2 heterocycles. The number of hydrogen-bond acceptors (Lipinski definition) is 3. The maximum atomic E-state index is 13.1. The fourth-order valence-corrected chi connectivity index (χ4v) is 3.85. The normalized spacial score (nSPS) is 23.2. The molecule has 2 aliphatic heterocycles. The minimum Gasteiger partial charge on any atom is -0.377 e. The number of anilines is 1. The molecule has 0 N–H and O–H groups in total. The van der Waals surface area contributed by atoms with Crippen LogP contribution in [0.25, 0.3) is 0 Å². The number of piperidine rings is 1. The van der Waals surface area contributed by atoms with E-state index in [1.54, 1.807) is 19.1 Å². The minimum atomic E-state index is -0.274. The minimum absolute atomic E-state index is 0.0238. The Hall–Kier alpha value is -1.46.